The molecule has 1 aromatic heterocycles. The molecule has 1 saturated heterocycles. The fourth-order valence-corrected chi connectivity index (χ4v) is 5.94. The van der Waals surface area contributed by atoms with Crippen LogP contribution in [0.4, 0.5) is 0 Å². The van der Waals surface area contributed by atoms with Gasteiger partial charge in [0.1, 0.15) is 5.75 Å². The standard InChI is InChI=1S/C29H29N5O4S/c1-37-23-12-10-20(11-13-23)26-16-25(22-9-8-19-5-2-3-6-21(19)15-22)32-34(26)27(35)18-39-29-31-30-28(36)33(29)17-24-7-4-14-38-24/h2-3,5-6,8-13,15,24,26H,4,7,14,16-18H2,1H3,(H,30,36). The van der Waals surface area contributed by atoms with Crippen LogP contribution in [0.5, 0.6) is 5.75 Å². The predicted octanol–water partition coefficient (Wildman–Crippen LogP) is 4.38. The summed E-state index contributed by atoms with van der Waals surface area (Å²) in [5, 5.41) is 15.8. The average Bonchev–Trinajstić information content (AvgIpc) is 3.73. The van der Waals surface area contributed by atoms with E-state index in [0.717, 1.165) is 46.2 Å². The summed E-state index contributed by atoms with van der Waals surface area (Å²) in [5.41, 5.74) is 2.53. The largest absolute Gasteiger partial charge is 0.497 e. The number of hydrogen-bond acceptors (Lipinski definition) is 7. The van der Waals surface area contributed by atoms with Crippen LogP contribution in [-0.4, -0.2) is 57.0 Å². The van der Waals surface area contributed by atoms with Gasteiger partial charge in [0.2, 0.25) is 0 Å². The second kappa shape index (κ2) is 11.1. The van der Waals surface area contributed by atoms with E-state index in [1.807, 2.05) is 36.4 Å². The van der Waals surface area contributed by atoms with Gasteiger partial charge in [0, 0.05) is 13.0 Å². The van der Waals surface area contributed by atoms with Crippen LogP contribution in [0.1, 0.15) is 36.4 Å². The number of methoxy groups -OCH3 is 1. The summed E-state index contributed by atoms with van der Waals surface area (Å²) in [5.74, 6) is 0.691. The molecule has 6 rings (SSSR count). The maximum absolute atomic E-state index is 13.6. The summed E-state index contributed by atoms with van der Waals surface area (Å²) in [6.07, 6.45) is 2.47. The van der Waals surface area contributed by atoms with E-state index in [0.29, 0.717) is 24.7 Å². The smallest absolute Gasteiger partial charge is 0.344 e. The normalized spacial score (nSPS) is 19.0. The maximum Gasteiger partial charge on any atom is 0.344 e. The molecule has 2 aliphatic heterocycles. The molecule has 9 nitrogen and oxygen atoms in total. The van der Waals surface area contributed by atoms with Crippen LogP contribution < -0.4 is 10.4 Å². The minimum absolute atomic E-state index is 0.0116. The zero-order valence-corrected chi connectivity index (χ0v) is 22.4. The van der Waals surface area contributed by atoms with Crippen molar-refractivity contribution in [3.8, 4) is 5.75 Å². The second-order valence-electron chi connectivity index (χ2n) is 9.69. The number of nitrogens with zero attached hydrogens (tertiary/aromatic N) is 4. The van der Waals surface area contributed by atoms with Crippen molar-refractivity contribution in [2.45, 2.75) is 43.1 Å². The van der Waals surface area contributed by atoms with E-state index in [9.17, 15) is 9.59 Å². The van der Waals surface area contributed by atoms with Crippen LogP contribution >= 0.6 is 11.8 Å². The number of hydrogen-bond donors (Lipinski definition) is 1. The van der Waals surface area contributed by atoms with Crippen LogP contribution in [0, 0.1) is 0 Å². The number of nitrogens with one attached hydrogen (secondary N) is 1. The Labute approximate surface area is 229 Å². The monoisotopic (exact) mass is 543 g/mol. The summed E-state index contributed by atoms with van der Waals surface area (Å²) in [6, 6.07) is 22.0. The maximum atomic E-state index is 13.6. The molecule has 0 aliphatic carbocycles. The van der Waals surface area contributed by atoms with Crippen molar-refractivity contribution in [2.75, 3.05) is 19.5 Å². The van der Waals surface area contributed by atoms with Gasteiger partial charge in [-0.15, -0.1) is 5.10 Å². The average molecular weight is 544 g/mol. The van der Waals surface area contributed by atoms with Gasteiger partial charge >= 0.3 is 5.69 Å². The Kier molecular flexibility index (Phi) is 7.21. The molecule has 2 unspecified atom stereocenters. The highest BCUT2D eigenvalue weighted by Crippen LogP contribution is 2.35. The molecule has 0 saturated carbocycles. The summed E-state index contributed by atoms with van der Waals surface area (Å²) in [4.78, 5) is 26.0. The molecule has 4 aromatic rings. The number of amides is 1. The molecule has 0 radical (unpaired) electrons. The molecular formula is C29H29N5O4S. The van der Waals surface area contributed by atoms with E-state index < -0.39 is 0 Å². The Morgan fingerprint density at radius 2 is 1.95 bits per heavy atom. The molecule has 2 aliphatic rings. The first-order chi connectivity index (χ1) is 19.1. The first-order valence-corrected chi connectivity index (χ1v) is 14.0. The Morgan fingerprint density at radius 1 is 1.13 bits per heavy atom. The zero-order valence-electron chi connectivity index (χ0n) is 21.6. The summed E-state index contributed by atoms with van der Waals surface area (Å²) in [7, 11) is 1.63. The SMILES string of the molecule is COc1ccc(C2CC(c3ccc4ccccc4c3)=NN2C(=O)CSc2n[nH]c(=O)n2CC2CCCO2)cc1. The highest BCUT2D eigenvalue weighted by atomic mass is 32.2. The Bertz CT molecular complexity index is 1570. The van der Waals surface area contributed by atoms with Crippen LogP contribution in [0.25, 0.3) is 10.8 Å². The Balaban J connectivity index is 1.25. The topological polar surface area (TPSA) is 102 Å². The second-order valence-corrected chi connectivity index (χ2v) is 10.6. The third kappa shape index (κ3) is 5.35. The number of carbonyl (C=O) groups excluding carboxylic acids is 1. The molecule has 1 N–H and O–H groups in total. The van der Waals surface area contributed by atoms with Gasteiger partial charge in [-0.1, -0.05) is 60.3 Å². The van der Waals surface area contributed by atoms with Crippen molar-refractivity contribution in [1.82, 2.24) is 19.8 Å². The highest BCUT2D eigenvalue weighted by Gasteiger charge is 2.33. The lowest BCUT2D eigenvalue weighted by Gasteiger charge is -2.22. The van der Waals surface area contributed by atoms with Gasteiger partial charge in [-0.05, 0) is 52.9 Å². The molecule has 39 heavy (non-hydrogen) atoms. The molecule has 0 spiro atoms. The minimum Gasteiger partial charge on any atom is -0.497 e. The zero-order chi connectivity index (χ0) is 26.8. The van der Waals surface area contributed by atoms with E-state index in [-0.39, 0.29) is 29.5 Å². The first-order valence-electron chi connectivity index (χ1n) is 13.0. The molecule has 2 atom stereocenters. The van der Waals surface area contributed by atoms with Crippen LogP contribution in [0.2, 0.25) is 0 Å². The molecule has 200 valence electrons. The third-order valence-corrected chi connectivity index (χ3v) is 8.17. The molecule has 3 aromatic carbocycles. The van der Waals surface area contributed by atoms with Crippen molar-refractivity contribution in [2.24, 2.45) is 5.10 Å². The lowest BCUT2D eigenvalue weighted by molar-refractivity contribution is -0.130. The van der Waals surface area contributed by atoms with E-state index in [1.165, 1.54) is 11.8 Å². The van der Waals surface area contributed by atoms with Gasteiger partial charge in [0.25, 0.3) is 5.91 Å². The molecule has 1 amide bonds. The van der Waals surface area contributed by atoms with Crippen molar-refractivity contribution in [1.29, 1.82) is 0 Å². The number of aromatic amines is 1. The fourth-order valence-electron chi connectivity index (χ4n) is 5.13. The summed E-state index contributed by atoms with van der Waals surface area (Å²) in [6.45, 7) is 1.13. The predicted molar refractivity (Wildman–Crippen MR) is 150 cm³/mol. The Morgan fingerprint density at radius 3 is 2.72 bits per heavy atom. The van der Waals surface area contributed by atoms with Crippen LogP contribution in [0.15, 0.2) is 81.8 Å². The number of benzene rings is 3. The molecular weight excluding hydrogens is 514 g/mol. The van der Waals surface area contributed by atoms with E-state index in [1.54, 1.807) is 16.7 Å². The molecule has 10 heteroatoms. The first kappa shape index (κ1) is 25.4. The van der Waals surface area contributed by atoms with E-state index in [4.69, 9.17) is 14.6 Å². The number of thioether (sulfide) groups is 1. The van der Waals surface area contributed by atoms with Crippen molar-refractivity contribution >= 4 is 34.2 Å². The lowest BCUT2D eigenvalue weighted by atomic mass is 9.97. The number of rotatable bonds is 8. The van der Waals surface area contributed by atoms with E-state index >= 15 is 0 Å². The van der Waals surface area contributed by atoms with Gasteiger partial charge < -0.3 is 9.47 Å². The lowest BCUT2D eigenvalue weighted by Crippen LogP contribution is -2.29. The molecule has 0 bridgehead atoms. The summed E-state index contributed by atoms with van der Waals surface area (Å²) >= 11 is 1.23. The van der Waals surface area contributed by atoms with E-state index in [2.05, 4.69) is 40.5 Å². The number of hydrazone groups is 1. The fraction of sp³-hybridized carbons (Fsp3) is 0.310. The van der Waals surface area contributed by atoms with Gasteiger partial charge in [0.15, 0.2) is 5.16 Å². The van der Waals surface area contributed by atoms with Crippen LogP contribution in [-0.2, 0) is 16.1 Å². The van der Waals surface area contributed by atoms with Gasteiger partial charge in [-0.3, -0.25) is 9.36 Å². The highest BCUT2D eigenvalue weighted by molar-refractivity contribution is 7.99. The van der Waals surface area contributed by atoms with Gasteiger partial charge in [-0.25, -0.2) is 14.9 Å². The van der Waals surface area contributed by atoms with Gasteiger partial charge in [0.05, 0.1) is 37.3 Å². The number of H-pyrrole nitrogens is 1. The number of fused-ring (bicyclic) bond motifs is 1. The van der Waals surface area contributed by atoms with Crippen LogP contribution in [0.3, 0.4) is 0 Å². The van der Waals surface area contributed by atoms with Crippen molar-refractivity contribution in [3.63, 3.8) is 0 Å². The van der Waals surface area contributed by atoms with Crippen molar-refractivity contribution < 1.29 is 14.3 Å². The third-order valence-electron chi connectivity index (χ3n) is 7.21. The van der Waals surface area contributed by atoms with Gasteiger partial charge in [-0.2, -0.15) is 5.10 Å². The van der Waals surface area contributed by atoms with Crippen molar-refractivity contribution in [3.05, 3.63) is 88.3 Å². The number of aromatic nitrogens is 3. The number of carbonyl (C=O) groups is 1. The molecule has 3 heterocycles. The molecule has 1 fully saturated rings. The Hall–Kier alpha value is -3.89. The number of ether oxygens (including phenoxy) is 2. The minimum atomic E-state index is -0.297. The summed E-state index contributed by atoms with van der Waals surface area (Å²) < 4.78 is 12.6. The quantitative estimate of drug-likeness (QED) is 0.331.